The molecule has 0 aliphatic rings. The van der Waals surface area contributed by atoms with E-state index in [-0.39, 0.29) is 5.56 Å². The number of hydrogen-bond donors (Lipinski definition) is 0. The van der Waals surface area contributed by atoms with Gasteiger partial charge in [0.25, 0.3) is 5.56 Å². The van der Waals surface area contributed by atoms with Crippen molar-refractivity contribution >= 4 is 23.1 Å². The first kappa shape index (κ1) is 16.5. The molecule has 0 spiro atoms. The number of nitrogens with zero attached hydrogens (tertiary/aromatic N) is 3. The van der Waals surface area contributed by atoms with Gasteiger partial charge in [0.1, 0.15) is 5.82 Å². The van der Waals surface area contributed by atoms with Crippen molar-refractivity contribution in [3.05, 3.63) is 106 Å². The Labute approximate surface area is 156 Å². The summed E-state index contributed by atoms with van der Waals surface area (Å²) in [5.74, 6) is 0.550. The lowest BCUT2D eigenvalue weighted by molar-refractivity contribution is 0.944. The summed E-state index contributed by atoms with van der Waals surface area (Å²) >= 11 is 0. The fraction of sp³-hybridized carbons (Fsp3) is 0. The first-order valence-corrected chi connectivity index (χ1v) is 8.52. The topological polar surface area (TPSA) is 58.7 Å². The molecular weight excluding hydrogens is 334 g/mol. The zero-order chi connectivity index (χ0) is 18.6. The molecule has 4 nitrogen and oxygen atoms in total. The summed E-state index contributed by atoms with van der Waals surface area (Å²) in [6.45, 7) is 0. The Morgan fingerprint density at radius 2 is 1.56 bits per heavy atom. The molecule has 1 aromatic heterocycles. The van der Waals surface area contributed by atoms with Gasteiger partial charge in [0.15, 0.2) is 0 Å². The molecule has 0 fully saturated rings. The van der Waals surface area contributed by atoms with Gasteiger partial charge >= 0.3 is 0 Å². The monoisotopic (exact) mass is 349 g/mol. The number of para-hydroxylation sites is 2. The second kappa shape index (κ2) is 7.11. The van der Waals surface area contributed by atoms with Crippen LogP contribution in [0, 0.1) is 11.3 Å². The molecule has 0 N–H and O–H groups in total. The highest BCUT2D eigenvalue weighted by atomic mass is 16.1. The summed E-state index contributed by atoms with van der Waals surface area (Å²) in [6.07, 6.45) is 3.71. The number of aromatic nitrogens is 2. The van der Waals surface area contributed by atoms with Crippen LogP contribution in [0.3, 0.4) is 0 Å². The van der Waals surface area contributed by atoms with Gasteiger partial charge in [0.2, 0.25) is 0 Å². The minimum atomic E-state index is -0.105. The standard InChI is InChI=1S/C23H15N3O/c24-16-18-12-10-17(11-13-18)14-15-22-25-21-9-5-4-8-20(21)23(27)26(22)19-6-2-1-3-7-19/h1-15H. The van der Waals surface area contributed by atoms with Gasteiger partial charge < -0.3 is 0 Å². The maximum Gasteiger partial charge on any atom is 0.266 e. The van der Waals surface area contributed by atoms with Crippen molar-refractivity contribution in [2.24, 2.45) is 0 Å². The van der Waals surface area contributed by atoms with Gasteiger partial charge in [-0.1, -0.05) is 48.5 Å². The van der Waals surface area contributed by atoms with Crippen LogP contribution in [0.2, 0.25) is 0 Å². The maximum absolute atomic E-state index is 13.1. The summed E-state index contributed by atoms with van der Waals surface area (Å²) < 4.78 is 1.61. The van der Waals surface area contributed by atoms with Gasteiger partial charge in [-0.3, -0.25) is 9.36 Å². The molecule has 0 saturated heterocycles. The third-order valence-corrected chi connectivity index (χ3v) is 4.28. The van der Waals surface area contributed by atoms with Crippen LogP contribution in [0.4, 0.5) is 0 Å². The van der Waals surface area contributed by atoms with Crippen LogP contribution in [0.5, 0.6) is 0 Å². The average molecular weight is 349 g/mol. The number of fused-ring (bicyclic) bond motifs is 1. The van der Waals surface area contributed by atoms with Crippen molar-refractivity contribution in [3.63, 3.8) is 0 Å². The van der Waals surface area contributed by atoms with Crippen molar-refractivity contribution in [2.75, 3.05) is 0 Å². The van der Waals surface area contributed by atoms with E-state index >= 15 is 0 Å². The molecule has 4 aromatic rings. The van der Waals surface area contributed by atoms with Crippen LogP contribution in [-0.2, 0) is 0 Å². The Morgan fingerprint density at radius 3 is 2.30 bits per heavy atom. The number of benzene rings is 3. The van der Waals surface area contributed by atoms with Crippen LogP contribution in [0.1, 0.15) is 17.0 Å². The van der Waals surface area contributed by atoms with Crippen LogP contribution in [0.15, 0.2) is 83.7 Å². The van der Waals surface area contributed by atoms with E-state index in [0.29, 0.717) is 22.3 Å². The van der Waals surface area contributed by atoms with Gasteiger partial charge in [-0.2, -0.15) is 5.26 Å². The van der Waals surface area contributed by atoms with Gasteiger partial charge in [-0.05, 0) is 48.0 Å². The van der Waals surface area contributed by atoms with Crippen LogP contribution < -0.4 is 5.56 Å². The van der Waals surface area contributed by atoms with E-state index in [2.05, 4.69) is 11.1 Å². The van der Waals surface area contributed by atoms with Crippen molar-refractivity contribution in [1.29, 1.82) is 5.26 Å². The van der Waals surface area contributed by atoms with Crippen LogP contribution in [0.25, 0.3) is 28.7 Å². The predicted octanol–water partition coefficient (Wildman–Crippen LogP) is 4.43. The molecule has 4 rings (SSSR count). The molecule has 0 amide bonds. The van der Waals surface area contributed by atoms with Crippen molar-refractivity contribution in [1.82, 2.24) is 9.55 Å². The molecule has 0 atom stereocenters. The normalized spacial score (nSPS) is 10.9. The number of nitriles is 1. The fourth-order valence-corrected chi connectivity index (χ4v) is 2.93. The summed E-state index contributed by atoms with van der Waals surface area (Å²) in [4.78, 5) is 17.8. The molecule has 4 heteroatoms. The molecule has 0 aliphatic carbocycles. The van der Waals surface area contributed by atoms with E-state index in [1.165, 1.54) is 0 Å². The molecule has 128 valence electrons. The fourth-order valence-electron chi connectivity index (χ4n) is 2.93. The first-order chi connectivity index (χ1) is 13.3. The molecule has 1 heterocycles. The zero-order valence-electron chi connectivity index (χ0n) is 14.4. The molecule has 27 heavy (non-hydrogen) atoms. The van der Waals surface area contributed by atoms with Gasteiger partial charge in [0.05, 0.1) is 28.2 Å². The molecule has 0 bridgehead atoms. The largest absolute Gasteiger partial charge is 0.268 e. The Morgan fingerprint density at radius 1 is 0.852 bits per heavy atom. The molecule has 0 aliphatic heterocycles. The van der Waals surface area contributed by atoms with E-state index in [9.17, 15) is 4.79 Å². The number of hydrogen-bond acceptors (Lipinski definition) is 3. The van der Waals surface area contributed by atoms with E-state index in [1.807, 2.05) is 72.8 Å². The van der Waals surface area contributed by atoms with Gasteiger partial charge in [0, 0.05) is 0 Å². The second-order valence-electron chi connectivity index (χ2n) is 6.03. The van der Waals surface area contributed by atoms with Crippen molar-refractivity contribution in [3.8, 4) is 11.8 Å². The molecule has 0 unspecified atom stereocenters. The SMILES string of the molecule is N#Cc1ccc(C=Cc2nc3ccccc3c(=O)n2-c2ccccc2)cc1. The van der Waals surface area contributed by atoms with Crippen LogP contribution in [-0.4, -0.2) is 9.55 Å². The lowest BCUT2D eigenvalue weighted by Gasteiger charge is -2.11. The van der Waals surface area contributed by atoms with E-state index in [4.69, 9.17) is 5.26 Å². The third kappa shape index (κ3) is 3.26. The van der Waals surface area contributed by atoms with Gasteiger partial charge in [-0.25, -0.2) is 4.98 Å². The quantitative estimate of drug-likeness (QED) is 0.550. The predicted molar refractivity (Wildman–Crippen MR) is 107 cm³/mol. The lowest BCUT2D eigenvalue weighted by Crippen LogP contribution is -2.22. The highest BCUT2D eigenvalue weighted by Gasteiger charge is 2.10. The molecular formula is C23H15N3O. The minimum Gasteiger partial charge on any atom is -0.268 e. The Balaban J connectivity index is 1.89. The third-order valence-electron chi connectivity index (χ3n) is 4.28. The highest BCUT2D eigenvalue weighted by Crippen LogP contribution is 2.15. The summed E-state index contributed by atoms with van der Waals surface area (Å²) in [6, 6.07) is 26.2. The molecule has 3 aromatic carbocycles. The Bertz CT molecular complexity index is 1230. The summed E-state index contributed by atoms with van der Waals surface area (Å²) in [7, 11) is 0. The average Bonchev–Trinajstić information content (AvgIpc) is 2.73. The first-order valence-electron chi connectivity index (χ1n) is 8.52. The molecule has 0 radical (unpaired) electrons. The zero-order valence-corrected chi connectivity index (χ0v) is 14.4. The Hall–Kier alpha value is -3.97. The Kier molecular flexibility index (Phi) is 4.34. The van der Waals surface area contributed by atoms with Gasteiger partial charge in [-0.15, -0.1) is 0 Å². The van der Waals surface area contributed by atoms with Crippen LogP contribution >= 0.6 is 0 Å². The maximum atomic E-state index is 13.1. The van der Waals surface area contributed by atoms with E-state index in [0.717, 1.165) is 11.3 Å². The summed E-state index contributed by atoms with van der Waals surface area (Å²) in [5, 5.41) is 9.49. The smallest absolute Gasteiger partial charge is 0.266 e. The summed E-state index contributed by atoms with van der Waals surface area (Å²) in [5.41, 5.74) is 2.86. The van der Waals surface area contributed by atoms with E-state index in [1.54, 1.807) is 22.8 Å². The second-order valence-corrected chi connectivity index (χ2v) is 6.03. The molecule has 0 saturated carbocycles. The van der Waals surface area contributed by atoms with E-state index < -0.39 is 0 Å². The lowest BCUT2D eigenvalue weighted by atomic mass is 10.1. The number of rotatable bonds is 3. The minimum absolute atomic E-state index is 0.105. The van der Waals surface area contributed by atoms with Crippen molar-refractivity contribution in [2.45, 2.75) is 0 Å². The highest BCUT2D eigenvalue weighted by molar-refractivity contribution is 5.80. The van der Waals surface area contributed by atoms with Crippen molar-refractivity contribution < 1.29 is 0 Å².